The Morgan fingerprint density at radius 1 is 0.964 bits per heavy atom. The molecule has 0 spiro atoms. The molecule has 1 aromatic heterocycles. The van der Waals surface area contributed by atoms with E-state index in [4.69, 9.17) is 27.8 Å². The maximum Gasteiger partial charge on any atom is 0.316 e. The van der Waals surface area contributed by atoms with Crippen LogP contribution in [0.25, 0.3) is 0 Å². The summed E-state index contributed by atoms with van der Waals surface area (Å²) in [6.07, 6.45) is 0. The van der Waals surface area contributed by atoms with Gasteiger partial charge in [-0.2, -0.15) is 15.0 Å². The van der Waals surface area contributed by atoms with E-state index in [2.05, 4.69) is 15.0 Å². The lowest BCUT2D eigenvalue weighted by atomic mass is 10.0. The lowest BCUT2D eigenvalue weighted by molar-refractivity contribution is -0.141. The summed E-state index contributed by atoms with van der Waals surface area (Å²) < 4.78 is 5.23. The minimum absolute atomic E-state index is 0.0141. The van der Waals surface area contributed by atoms with Crippen LogP contribution in [0.3, 0.4) is 0 Å². The van der Waals surface area contributed by atoms with Crippen molar-refractivity contribution in [1.82, 2.24) is 15.0 Å². The normalized spacial score (nSPS) is 11.8. The summed E-state index contributed by atoms with van der Waals surface area (Å²) in [5.41, 5.74) is 13.1. The number of halogens is 1. The Labute approximate surface area is 171 Å². The molecule has 2 aromatic carbocycles. The number of aromatic nitrogens is 3. The molecule has 3 aromatic rings. The fourth-order valence-electron chi connectivity index (χ4n) is 2.51. The van der Waals surface area contributed by atoms with E-state index in [0.717, 1.165) is 11.1 Å². The second-order valence-corrected chi connectivity index (χ2v) is 7.31. The van der Waals surface area contributed by atoms with Crippen molar-refractivity contribution in [3.8, 4) is 0 Å². The number of nitrogens with zero attached hydrogens (tertiary/aromatic N) is 3. The number of carbonyl (C=O) groups is 1. The van der Waals surface area contributed by atoms with E-state index >= 15 is 0 Å². The standard InChI is InChI=1S/C19H18ClN5O2S/c20-14-8-6-13(7-9-14)17(12-4-2-1-3-5-12)28-11-16(26)27-10-15-23-18(21)25-19(22)24-15/h1-9,17H,10-11H2,(H4,21,22,23,24,25)/t17-/m0/s1. The molecule has 0 saturated carbocycles. The summed E-state index contributed by atoms with van der Waals surface area (Å²) in [5, 5.41) is 0.630. The first kappa shape index (κ1) is 19.9. The smallest absolute Gasteiger partial charge is 0.316 e. The number of ether oxygens (including phenoxy) is 1. The number of nitrogens with two attached hydrogens (primary N) is 2. The molecule has 144 valence electrons. The zero-order valence-corrected chi connectivity index (χ0v) is 16.4. The van der Waals surface area contributed by atoms with Crippen LogP contribution in [0.4, 0.5) is 11.9 Å². The van der Waals surface area contributed by atoms with E-state index in [9.17, 15) is 4.79 Å². The average molecular weight is 416 g/mol. The first-order valence-corrected chi connectivity index (χ1v) is 9.77. The number of nitrogen functional groups attached to an aromatic ring is 2. The SMILES string of the molecule is Nc1nc(N)nc(COC(=O)CS[C@@H](c2ccccc2)c2ccc(Cl)cc2)n1. The van der Waals surface area contributed by atoms with Gasteiger partial charge in [0.25, 0.3) is 0 Å². The second kappa shape index (κ2) is 9.38. The Bertz CT molecular complexity index is 921. The number of benzene rings is 2. The van der Waals surface area contributed by atoms with Crippen LogP contribution >= 0.6 is 23.4 Å². The van der Waals surface area contributed by atoms with E-state index in [0.29, 0.717) is 5.02 Å². The molecule has 0 bridgehead atoms. The zero-order valence-electron chi connectivity index (χ0n) is 14.8. The predicted molar refractivity (Wildman–Crippen MR) is 111 cm³/mol. The molecule has 0 radical (unpaired) electrons. The van der Waals surface area contributed by atoms with Crippen molar-refractivity contribution in [2.75, 3.05) is 17.2 Å². The molecule has 7 nitrogen and oxygen atoms in total. The Kier molecular flexibility index (Phi) is 6.67. The third-order valence-corrected chi connectivity index (χ3v) is 5.25. The molecule has 0 fully saturated rings. The molecule has 9 heteroatoms. The van der Waals surface area contributed by atoms with Crippen LogP contribution in [-0.4, -0.2) is 26.7 Å². The molecule has 28 heavy (non-hydrogen) atoms. The van der Waals surface area contributed by atoms with Crippen LogP contribution in [0.5, 0.6) is 0 Å². The number of thioether (sulfide) groups is 1. The van der Waals surface area contributed by atoms with E-state index in [1.54, 1.807) is 0 Å². The highest BCUT2D eigenvalue weighted by atomic mass is 35.5. The van der Waals surface area contributed by atoms with Crippen molar-refractivity contribution in [2.45, 2.75) is 11.9 Å². The molecular formula is C19H18ClN5O2S. The third-order valence-electron chi connectivity index (χ3n) is 3.72. The van der Waals surface area contributed by atoms with Gasteiger partial charge in [-0.25, -0.2) is 0 Å². The molecule has 1 heterocycles. The van der Waals surface area contributed by atoms with E-state index < -0.39 is 5.97 Å². The summed E-state index contributed by atoms with van der Waals surface area (Å²) in [7, 11) is 0. The number of hydrogen-bond donors (Lipinski definition) is 2. The van der Waals surface area contributed by atoms with Gasteiger partial charge in [0.05, 0.1) is 11.0 Å². The molecule has 0 aliphatic carbocycles. The van der Waals surface area contributed by atoms with Gasteiger partial charge in [-0.15, -0.1) is 11.8 Å². The van der Waals surface area contributed by atoms with Crippen LogP contribution in [0.2, 0.25) is 5.02 Å². The number of anilines is 2. The van der Waals surface area contributed by atoms with Crippen molar-refractivity contribution < 1.29 is 9.53 Å². The van der Waals surface area contributed by atoms with Gasteiger partial charge in [0, 0.05) is 5.02 Å². The van der Waals surface area contributed by atoms with Gasteiger partial charge in [-0.1, -0.05) is 54.1 Å². The van der Waals surface area contributed by atoms with Crippen molar-refractivity contribution in [2.24, 2.45) is 0 Å². The third kappa shape index (κ3) is 5.58. The summed E-state index contributed by atoms with van der Waals surface area (Å²) in [6, 6.07) is 17.5. The van der Waals surface area contributed by atoms with Gasteiger partial charge in [-0.05, 0) is 23.3 Å². The van der Waals surface area contributed by atoms with E-state index in [1.165, 1.54) is 11.8 Å². The number of carbonyl (C=O) groups excluding carboxylic acids is 1. The maximum atomic E-state index is 12.2. The number of esters is 1. The van der Waals surface area contributed by atoms with Crippen molar-refractivity contribution in [3.63, 3.8) is 0 Å². The first-order valence-electron chi connectivity index (χ1n) is 8.35. The summed E-state index contributed by atoms with van der Waals surface area (Å²) in [6.45, 7) is -0.118. The molecule has 0 amide bonds. The topological polar surface area (TPSA) is 117 Å². The lowest BCUT2D eigenvalue weighted by Crippen LogP contribution is -2.13. The van der Waals surface area contributed by atoms with E-state index in [1.807, 2.05) is 54.6 Å². The van der Waals surface area contributed by atoms with Gasteiger partial charge < -0.3 is 16.2 Å². The Hall–Kier alpha value is -2.84. The van der Waals surface area contributed by atoms with E-state index in [-0.39, 0.29) is 35.3 Å². The fourth-order valence-corrected chi connectivity index (χ4v) is 3.72. The lowest BCUT2D eigenvalue weighted by Gasteiger charge is -2.17. The highest BCUT2D eigenvalue weighted by molar-refractivity contribution is 8.00. The Morgan fingerprint density at radius 2 is 1.57 bits per heavy atom. The van der Waals surface area contributed by atoms with Gasteiger partial charge in [0.1, 0.15) is 0 Å². The Morgan fingerprint density at radius 3 is 2.21 bits per heavy atom. The van der Waals surface area contributed by atoms with Gasteiger partial charge in [0.15, 0.2) is 12.4 Å². The van der Waals surface area contributed by atoms with Crippen molar-refractivity contribution in [1.29, 1.82) is 0 Å². The first-order chi connectivity index (χ1) is 13.5. The molecule has 4 N–H and O–H groups in total. The maximum absolute atomic E-state index is 12.2. The van der Waals surface area contributed by atoms with Crippen LogP contribution < -0.4 is 11.5 Å². The minimum Gasteiger partial charge on any atom is -0.457 e. The minimum atomic E-state index is -0.391. The highest BCUT2D eigenvalue weighted by Gasteiger charge is 2.17. The van der Waals surface area contributed by atoms with Crippen molar-refractivity contribution in [3.05, 3.63) is 76.6 Å². The predicted octanol–water partition coefficient (Wildman–Crippen LogP) is 3.26. The van der Waals surface area contributed by atoms with Gasteiger partial charge >= 0.3 is 5.97 Å². The van der Waals surface area contributed by atoms with Crippen LogP contribution in [0.1, 0.15) is 22.2 Å². The van der Waals surface area contributed by atoms with Crippen LogP contribution in [0, 0.1) is 0 Å². The Balaban J connectivity index is 1.64. The highest BCUT2D eigenvalue weighted by Crippen LogP contribution is 2.36. The summed E-state index contributed by atoms with van der Waals surface area (Å²) >= 11 is 7.46. The molecule has 0 aliphatic rings. The van der Waals surface area contributed by atoms with Crippen LogP contribution in [-0.2, 0) is 16.1 Å². The molecular weight excluding hydrogens is 398 g/mol. The molecule has 1 atom stereocenters. The quantitative estimate of drug-likeness (QED) is 0.564. The van der Waals surface area contributed by atoms with Gasteiger partial charge in [-0.3, -0.25) is 4.79 Å². The summed E-state index contributed by atoms with van der Waals surface area (Å²) in [5.74, 6) is -0.0594. The number of hydrogen-bond acceptors (Lipinski definition) is 8. The molecule has 3 rings (SSSR count). The molecule has 0 aliphatic heterocycles. The largest absolute Gasteiger partial charge is 0.457 e. The van der Waals surface area contributed by atoms with Gasteiger partial charge in [0.2, 0.25) is 11.9 Å². The van der Waals surface area contributed by atoms with Crippen LogP contribution in [0.15, 0.2) is 54.6 Å². The molecule has 0 unspecified atom stereocenters. The van der Waals surface area contributed by atoms with Crippen molar-refractivity contribution >= 4 is 41.2 Å². The molecule has 0 saturated heterocycles. The second-order valence-electron chi connectivity index (χ2n) is 5.78. The average Bonchev–Trinajstić information content (AvgIpc) is 2.68. The summed E-state index contributed by atoms with van der Waals surface area (Å²) in [4.78, 5) is 23.7. The zero-order chi connectivity index (χ0) is 19.9. The number of rotatable bonds is 7. The monoisotopic (exact) mass is 415 g/mol. The fraction of sp³-hybridized carbons (Fsp3) is 0.158.